The highest BCUT2D eigenvalue weighted by Gasteiger charge is 2.03. The summed E-state index contributed by atoms with van der Waals surface area (Å²) >= 11 is 0. The number of ether oxygens (including phenoxy) is 3. The number of rotatable bonds is 8. The van der Waals surface area contributed by atoms with Crippen LogP contribution in [-0.4, -0.2) is 19.8 Å². The molecule has 0 unspecified atom stereocenters. The van der Waals surface area contributed by atoms with Gasteiger partial charge in [0.05, 0.1) is 31.5 Å². The molecule has 0 atom stereocenters. The number of benzene rings is 2. The average molecular weight is 297 g/mol. The second kappa shape index (κ2) is 8.58. The SMILES string of the molecule is CCOc1ccccc1OCCCOc1ccc(C#N)cc1. The van der Waals surface area contributed by atoms with Gasteiger partial charge in [0.25, 0.3) is 0 Å². The smallest absolute Gasteiger partial charge is 0.161 e. The van der Waals surface area contributed by atoms with Gasteiger partial charge in [-0.25, -0.2) is 0 Å². The second-order valence-electron chi connectivity index (χ2n) is 4.57. The normalized spacial score (nSPS) is 9.82. The minimum absolute atomic E-state index is 0.556. The average Bonchev–Trinajstić information content (AvgIpc) is 2.57. The molecule has 2 aromatic rings. The molecule has 0 aliphatic heterocycles. The van der Waals surface area contributed by atoms with E-state index < -0.39 is 0 Å². The summed E-state index contributed by atoms with van der Waals surface area (Å²) in [5.74, 6) is 2.27. The Balaban J connectivity index is 1.72. The summed E-state index contributed by atoms with van der Waals surface area (Å²) in [5, 5.41) is 8.73. The number of nitrogens with zero attached hydrogens (tertiary/aromatic N) is 1. The Kier molecular flexibility index (Phi) is 6.13. The van der Waals surface area contributed by atoms with Gasteiger partial charge in [0.2, 0.25) is 0 Å². The molecule has 0 saturated heterocycles. The summed E-state index contributed by atoms with van der Waals surface area (Å²) in [6.07, 6.45) is 0.764. The lowest BCUT2D eigenvalue weighted by molar-refractivity contribution is 0.236. The third kappa shape index (κ3) is 4.71. The van der Waals surface area contributed by atoms with E-state index in [2.05, 4.69) is 6.07 Å². The van der Waals surface area contributed by atoms with E-state index >= 15 is 0 Å². The fourth-order valence-corrected chi connectivity index (χ4v) is 1.90. The van der Waals surface area contributed by atoms with Gasteiger partial charge < -0.3 is 14.2 Å². The van der Waals surface area contributed by atoms with Gasteiger partial charge in [-0.05, 0) is 43.3 Å². The fraction of sp³-hybridized carbons (Fsp3) is 0.278. The zero-order valence-electron chi connectivity index (χ0n) is 12.6. The fourth-order valence-electron chi connectivity index (χ4n) is 1.90. The maximum Gasteiger partial charge on any atom is 0.161 e. The Morgan fingerprint density at radius 2 is 1.50 bits per heavy atom. The lowest BCUT2D eigenvalue weighted by Gasteiger charge is -2.11. The predicted octanol–water partition coefficient (Wildman–Crippen LogP) is 3.80. The molecule has 0 fully saturated rings. The molecule has 114 valence electrons. The number of hydrogen-bond acceptors (Lipinski definition) is 4. The van der Waals surface area contributed by atoms with Gasteiger partial charge in [-0.2, -0.15) is 5.26 Å². The van der Waals surface area contributed by atoms with Crippen LogP contribution in [0.1, 0.15) is 18.9 Å². The summed E-state index contributed by atoms with van der Waals surface area (Å²) in [7, 11) is 0. The first kappa shape index (κ1) is 15.7. The van der Waals surface area contributed by atoms with Crippen molar-refractivity contribution in [2.45, 2.75) is 13.3 Å². The van der Waals surface area contributed by atoms with Crippen molar-refractivity contribution in [1.29, 1.82) is 5.26 Å². The summed E-state index contributed by atoms with van der Waals surface area (Å²) in [6, 6.07) is 16.8. The third-order valence-electron chi connectivity index (χ3n) is 2.95. The number of para-hydroxylation sites is 2. The lowest BCUT2D eigenvalue weighted by Crippen LogP contribution is -2.06. The van der Waals surface area contributed by atoms with E-state index in [1.165, 1.54) is 0 Å². The minimum Gasteiger partial charge on any atom is -0.493 e. The van der Waals surface area contributed by atoms with E-state index in [1.807, 2.05) is 31.2 Å². The van der Waals surface area contributed by atoms with Crippen LogP contribution in [0.25, 0.3) is 0 Å². The molecule has 2 aromatic carbocycles. The first-order valence-electron chi connectivity index (χ1n) is 7.31. The summed E-state index contributed by atoms with van der Waals surface area (Å²) < 4.78 is 16.8. The highest BCUT2D eigenvalue weighted by Crippen LogP contribution is 2.26. The van der Waals surface area contributed by atoms with Crippen molar-refractivity contribution >= 4 is 0 Å². The van der Waals surface area contributed by atoms with Crippen LogP contribution in [-0.2, 0) is 0 Å². The monoisotopic (exact) mass is 297 g/mol. The molecule has 4 heteroatoms. The molecule has 0 radical (unpaired) electrons. The van der Waals surface area contributed by atoms with E-state index in [4.69, 9.17) is 19.5 Å². The van der Waals surface area contributed by atoms with Crippen LogP contribution in [0.2, 0.25) is 0 Å². The van der Waals surface area contributed by atoms with E-state index in [0.29, 0.717) is 25.4 Å². The Hall–Kier alpha value is -2.67. The number of hydrogen-bond donors (Lipinski definition) is 0. The van der Waals surface area contributed by atoms with Gasteiger partial charge in [-0.1, -0.05) is 12.1 Å². The third-order valence-corrected chi connectivity index (χ3v) is 2.95. The van der Waals surface area contributed by atoms with Crippen LogP contribution < -0.4 is 14.2 Å². The molecule has 0 aromatic heterocycles. The van der Waals surface area contributed by atoms with Gasteiger partial charge >= 0.3 is 0 Å². The lowest BCUT2D eigenvalue weighted by atomic mass is 10.2. The molecule has 0 amide bonds. The quantitative estimate of drug-likeness (QED) is 0.695. The van der Waals surface area contributed by atoms with Crippen molar-refractivity contribution in [1.82, 2.24) is 0 Å². The molecule has 0 aliphatic carbocycles. The molecule has 0 bridgehead atoms. The molecule has 0 heterocycles. The molecule has 0 N–H and O–H groups in total. The van der Waals surface area contributed by atoms with Gasteiger partial charge in [0.15, 0.2) is 11.5 Å². The zero-order chi connectivity index (χ0) is 15.6. The predicted molar refractivity (Wildman–Crippen MR) is 84.4 cm³/mol. The highest BCUT2D eigenvalue weighted by molar-refractivity contribution is 5.39. The van der Waals surface area contributed by atoms with Crippen LogP contribution in [0, 0.1) is 11.3 Å². The van der Waals surface area contributed by atoms with Crippen LogP contribution in [0.3, 0.4) is 0 Å². The molecule has 2 rings (SSSR count). The topological polar surface area (TPSA) is 51.5 Å². The molecule has 0 spiro atoms. The van der Waals surface area contributed by atoms with E-state index in [-0.39, 0.29) is 0 Å². The second-order valence-corrected chi connectivity index (χ2v) is 4.57. The van der Waals surface area contributed by atoms with E-state index in [1.54, 1.807) is 24.3 Å². The molecular formula is C18H19NO3. The summed E-state index contributed by atoms with van der Waals surface area (Å²) in [5.41, 5.74) is 0.628. The standard InChI is InChI=1S/C18H19NO3/c1-2-20-17-6-3-4-7-18(17)22-13-5-12-21-16-10-8-15(14-19)9-11-16/h3-4,6-11H,2,5,12-13H2,1H3. The Morgan fingerprint density at radius 3 is 2.14 bits per heavy atom. The van der Waals surface area contributed by atoms with Crippen LogP contribution in [0.15, 0.2) is 48.5 Å². The van der Waals surface area contributed by atoms with Crippen LogP contribution in [0.5, 0.6) is 17.2 Å². The van der Waals surface area contributed by atoms with Crippen molar-refractivity contribution in [3.8, 4) is 23.3 Å². The van der Waals surface area contributed by atoms with Crippen molar-refractivity contribution < 1.29 is 14.2 Å². The van der Waals surface area contributed by atoms with Gasteiger partial charge in [0, 0.05) is 6.42 Å². The Labute approximate surface area is 130 Å². The first-order chi connectivity index (χ1) is 10.8. The molecular weight excluding hydrogens is 278 g/mol. The molecule has 4 nitrogen and oxygen atoms in total. The van der Waals surface area contributed by atoms with Gasteiger partial charge in [-0.3, -0.25) is 0 Å². The van der Waals surface area contributed by atoms with Crippen molar-refractivity contribution in [2.75, 3.05) is 19.8 Å². The summed E-state index contributed by atoms with van der Waals surface area (Å²) in [4.78, 5) is 0. The molecule has 22 heavy (non-hydrogen) atoms. The molecule has 0 saturated carbocycles. The van der Waals surface area contributed by atoms with E-state index in [0.717, 1.165) is 23.7 Å². The van der Waals surface area contributed by atoms with Crippen molar-refractivity contribution in [3.63, 3.8) is 0 Å². The first-order valence-corrected chi connectivity index (χ1v) is 7.31. The largest absolute Gasteiger partial charge is 0.493 e. The maximum absolute atomic E-state index is 8.73. The van der Waals surface area contributed by atoms with Gasteiger partial charge in [-0.15, -0.1) is 0 Å². The van der Waals surface area contributed by atoms with Gasteiger partial charge in [0.1, 0.15) is 5.75 Å². The van der Waals surface area contributed by atoms with Crippen molar-refractivity contribution in [3.05, 3.63) is 54.1 Å². The Bertz CT molecular complexity index is 617. The van der Waals surface area contributed by atoms with Crippen LogP contribution >= 0.6 is 0 Å². The number of nitriles is 1. The zero-order valence-corrected chi connectivity index (χ0v) is 12.6. The van der Waals surface area contributed by atoms with Crippen molar-refractivity contribution in [2.24, 2.45) is 0 Å². The Morgan fingerprint density at radius 1 is 0.864 bits per heavy atom. The van der Waals surface area contributed by atoms with Crippen LogP contribution in [0.4, 0.5) is 0 Å². The maximum atomic E-state index is 8.73. The summed E-state index contributed by atoms with van der Waals surface area (Å²) in [6.45, 7) is 3.67. The highest BCUT2D eigenvalue weighted by atomic mass is 16.5. The van der Waals surface area contributed by atoms with E-state index in [9.17, 15) is 0 Å². The molecule has 0 aliphatic rings. The minimum atomic E-state index is 0.556.